The third kappa shape index (κ3) is 3.05. The molecule has 1 unspecified atom stereocenters. The van der Waals surface area contributed by atoms with Crippen LogP contribution >= 0.6 is 12.6 Å². The summed E-state index contributed by atoms with van der Waals surface area (Å²) in [5, 5.41) is 11.8. The predicted molar refractivity (Wildman–Crippen MR) is 58.3 cm³/mol. The van der Waals surface area contributed by atoms with Crippen molar-refractivity contribution in [3.63, 3.8) is 0 Å². The molecule has 0 saturated carbocycles. The minimum Gasteiger partial charge on any atom is -0.394 e. The largest absolute Gasteiger partial charge is 0.394 e. The molecule has 1 aromatic rings. The van der Waals surface area contributed by atoms with Crippen molar-refractivity contribution in [1.82, 2.24) is 5.32 Å². The fraction of sp³-hybridized carbons (Fsp3) is 0.300. The zero-order valence-electron chi connectivity index (χ0n) is 7.68. The van der Waals surface area contributed by atoms with Crippen molar-refractivity contribution in [3.05, 3.63) is 35.9 Å². The molecule has 0 aliphatic heterocycles. The van der Waals surface area contributed by atoms with Crippen LogP contribution in [-0.4, -0.2) is 23.4 Å². The fourth-order valence-electron chi connectivity index (χ4n) is 1.16. The Balaban J connectivity index is 2.68. The number of amides is 1. The molecular weight excluding hydrogens is 198 g/mol. The Bertz CT molecular complexity index is 289. The van der Waals surface area contributed by atoms with E-state index in [1.165, 1.54) is 0 Å². The van der Waals surface area contributed by atoms with Gasteiger partial charge in [0.15, 0.2) is 0 Å². The third-order valence-electron chi connectivity index (χ3n) is 1.86. The van der Waals surface area contributed by atoms with E-state index >= 15 is 0 Å². The zero-order valence-corrected chi connectivity index (χ0v) is 8.58. The number of benzene rings is 1. The number of aliphatic hydroxyl groups excluding tert-OH is 1. The lowest BCUT2D eigenvalue weighted by atomic mass is 10.1. The van der Waals surface area contributed by atoms with E-state index < -0.39 is 0 Å². The molecule has 2 N–H and O–H groups in total. The molecule has 0 aliphatic carbocycles. The summed E-state index contributed by atoms with van der Waals surface area (Å²) < 4.78 is 0. The standard InChI is InChI=1S/C10H13NO2S/c12-6-9(11-10(13)7-14)8-4-2-1-3-5-8/h1-5,9,12,14H,6-7H2,(H,11,13). The van der Waals surface area contributed by atoms with Gasteiger partial charge >= 0.3 is 0 Å². The van der Waals surface area contributed by atoms with E-state index in [1.54, 1.807) is 0 Å². The van der Waals surface area contributed by atoms with Crippen LogP contribution in [0.25, 0.3) is 0 Å². The number of nitrogens with one attached hydrogen (secondary N) is 1. The highest BCUT2D eigenvalue weighted by atomic mass is 32.1. The minimum absolute atomic E-state index is 0.108. The highest BCUT2D eigenvalue weighted by Crippen LogP contribution is 2.11. The monoisotopic (exact) mass is 211 g/mol. The summed E-state index contributed by atoms with van der Waals surface area (Å²) in [6.07, 6.45) is 0. The number of rotatable bonds is 4. The Labute approximate surface area is 88.6 Å². The maximum absolute atomic E-state index is 11.1. The average Bonchev–Trinajstić information content (AvgIpc) is 2.26. The Morgan fingerprint density at radius 1 is 1.43 bits per heavy atom. The van der Waals surface area contributed by atoms with E-state index in [4.69, 9.17) is 5.11 Å². The molecular formula is C10H13NO2S. The molecule has 0 aromatic heterocycles. The maximum atomic E-state index is 11.1. The molecule has 0 bridgehead atoms. The average molecular weight is 211 g/mol. The second kappa shape index (κ2) is 5.67. The van der Waals surface area contributed by atoms with Gasteiger partial charge in [-0.1, -0.05) is 30.3 Å². The van der Waals surface area contributed by atoms with Crippen molar-refractivity contribution in [2.75, 3.05) is 12.4 Å². The van der Waals surface area contributed by atoms with Gasteiger partial charge in [-0.3, -0.25) is 4.79 Å². The lowest BCUT2D eigenvalue weighted by Gasteiger charge is -2.15. The summed E-state index contributed by atoms with van der Waals surface area (Å²) in [4.78, 5) is 11.1. The van der Waals surface area contributed by atoms with Gasteiger partial charge in [0.2, 0.25) is 5.91 Å². The molecule has 4 heteroatoms. The first-order chi connectivity index (χ1) is 6.77. The first-order valence-electron chi connectivity index (χ1n) is 4.34. The SMILES string of the molecule is O=C(CS)NC(CO)c1ccccc1. The van der Waals surface area contributed by atoms with Crippen molar-refractivity contribution in [3.8, 4) is 0 Å². The van der Waals surface area contributed by atoms with Crippen LogP contribution in [0.5, 0.6) is 0 Å². The van der Waals surface area contributed by atoms with Gasteiger partial charge in [0.05, 0.1) is 18.4 Å². The molecule has 1 atom stereocenters. The van der Waals surface area contributed by atoms with E-state index in [-0.39, 0.29) is 24.3 Å². The Hall–Kier alpha value is -1.00. The normalized spacial score (nSPS) is 12.1. The van der Waals surface area contributed by atoms with Crippen LogP contribution < -0.4 is 5.32 Å². The van der Waals surface area contributed by atoms with Crippen molar-refractivity contribution in [2.24, 2.45) is 0 Å². The number of thiol groups is 1. The Kier molecular flexibility index (Phi) is 4.49. The molecule has 0 aliphatic rings. The summed E-state index contributed by atoms with van der Waals surface area (Å²) >= 11 is 3.85. The summed E-state index contributed by atoms with van der Waals surface area (Å²) in [5.74, 6) is -0.0557. The molecule has 1 rings (SSSR count). The Morgan fingerprint density at radius 3 is 2.57 bits per heavy atom. The van der Waals surface area contributed by atoms with Crippen molar-refractivity contribution >= 4 is 18.5 Å². The molecule has 0 radical (unpaired) electrons. The van der Waals surface area contributed by atoms with Gasteiger partial charge in [-0.25, -0.2) is 0 Å². The summed E-state index contributed by atoms with van der Waals surface area (Å²) in [6.45, 7) is -0.108. The molecule has 0 saturated heterocycles. The highest BCUT2D eigenvalue weighted by Gasteiger charge is 2.11. The molecule has 76 valence electrons. The van der Waals surface area contributed by atoms with E-state index in [9.17, 15) is 4.79 Å². The smallest absolute Gasteiger partial charge is 0.230 e. The van der Waals surface area contributed by atoms with Gasteiger partial charge < -0.3 is 10.4 Å². The van der Waals surface area contributed by atoms with E-state index in [0.29, 0.717) is 0 Å². The van der Waals surface area contributed by atoms with Crippen molar-refractivity contribution in [2.45, 2.75) is 6.04 Å². The van der Waals surface area contributed by atoms with Gasteiger partial charge in [0.1, 0.15) is 0 Å². The van der Waals surface area contributed by atoms with E-state index in [1.807, 2.05) is 30.3 Å². The summed E-state index contributed by atoms with van der Waals surface area (Å²) in [6, 6.07) is 9.00. The third-order valence-corrected chi connectivity index (χ3v) is 2.15. The minimum atomic E-state index is -0.337. The van der Waals surface area contributed by atoms with Crippen LogP contribution in [0, 0.1) is 0 Å². The number of aliphatic hydroxyl groups is 1. The quantitative estimate of drug-likeness (QED) is 0.644. The molecule has 1 aromatic carbocycles. The van der Waals surface area contributed by atoms with Crippen LogP contribution in [0.1, 0.15) is 11.6 Å². The number of carbonyl (C=O) groups is 1. The van der Waals surface area contributed by atoms with Crippen LogP contribution in [0.4, 0.5) is 0 Å². The molecule has 3 nitrogen and oxygen atoms in total. The lowest BCUT2D eigenvalue weighted by molar-refractivity contribution is -0.119. The second-order valence-electron chi connectivity index (χ2n) is 2.87. The first kappa shape index (κ1) is 11.1. The number of hydrogen-bond acceptors (Lipinski definition) is 3. The molecule has 0 heterocycles. The van der Waals surface area contributed by atoms with Crippen molar-refractivity contribution < 1.29 is 9.90 Å². The Morgan fingerprint density at radius 2 is 2.07 bits per heavy atom. The van der Waals surface area contributed by atoms with E-state index in [0.717, 1.165) is 5.56 Å². The number of carbonyl (C=O) groups excluding carboxylic acids is 1. The van der Waals surface area contributed by atoms with Crippen LogP contribution in [0.3, 0.4) is 0 Å². The number of hydrogen-bond donors (Lipinski definition) is 3. The lowest BCUT2D eigenvalue weighted by Crippen LogP contribution is -2.31. The maximum Gasteiger partial charge on any atom is 0.230 e. The second-order valence-corrected chi connectivity index (χ2v) is 3.19. The van der Waals surface area contributed by atoms with E-state index in [2.05, 4.69) is 17.9 Å². The highest BCUT2D eigenvalue weighted by molar-refractivity contribution is 7.81. The fourth-order valence-corrected chi connectivity index (χ4v) is 1.25. The van der Waals surface area contributed by atoms with Gasteiger partial charge in [-0.15, -0.1) is 0 Å². The molecule has 1 amide bonds. The van der Waals surface area contributed by atoms with Crippen LogP contribution in [-0.2, 0) is 4.79 Å². The van der Waals surface area contributed by atoms with Gasteiger partial charge in [-0.2, -0.15) is 12.6 Å². The van der Waals surface area contributed by atoms with Gasteiger partial charge in [0.25, 0.3) is 0 Å². The van der Waals surface area contributed by atoms with Crippen molar-refractivity contribution in [1.29, 1.82) is 0 Å². The predicted octanol–water partition coefficient (Wildman–Crippen LogP) is 0.766. The topological polar surface area (TPSA) is 49.3 Å². The molecule has 0 fully saturated rings. The van der Waals surface area contributed by atoms with Gasteiger partial charge in [-0.05, 0) is 5.56 Å². The summed E-state index contributed by atoms with van der Waals surface area (Å²) in [5.41, 5.74) is 0.894. The summed E-state index contributed by atoms with van der Waals surface area (Å²) in [7, 11) is 0. The van der Waals surface area contributed by atoms with Gasteiger partial charge in [0, 0.05) is 0 Å². The van der Waals surface area contributed by atoms with Crippen LogP contribution in [0.15, 0.2) is 30.3 Å². The van der Waals surface area contributed by atoms with Crippen LogP contribution in [0.2, 0.25) is 0 Å². The zero-order chi connectivity index (χ0) is 10.4. The molecule has 14 heavy (non-hydrogen) atoms. The molecule has 0 spiro atoms. The first-order valence-corrected chi connectivity index (χ1v) is 4.97.